The molecule has 0 spiro atoms. The zero-order valence-electron chi connectivity index (χ0n) is 15.7. The Morgan fingerprint density at radius 1 is 0.333 bits per heavy atom. The van der Waals surface area contributed by atoms with Crippen LogP contribution in [0.1, 0.15) is 89.9 Å². The van der Waals surface area contributed by atoms with Gasteiger partial charge in [-0.15, -0.1) is 0 Å². The molecule has 6 fully saturated rings. The Balaban J connectivity index is 1.34. The molecule has 0 nitrogen and oxygen atoms in total. The van der Waals surface area contributed by atoms with E-state index in [1.807, 2.05) is 0 Å². The van der Waals surface area contributed by atoms with Gasteiger partial charge in [-0.25, -0.2) is 0 Å². The fourth-order valence-corrected chi connectivity index (χ4v) is 9.99. The SMILES string of the molecule is C1CCC2C(C1)CC1CCC3C4CCCCC4CC4CCC2C1C43. The van der Waals surface area contributed by atoms with Crippen molar-refractivity contribution in [3.05, 3.63) is 0 Å². The van der Waals surface area contributed by atoms with E-state index in [0.717, 1.165) is 11.8 Å². The Labute approximate surface area is 149 Å². The quantitative estimate of drug-likeness (QED) is 0.465. The first-order valence-electron chi connectivity index (χ1n) is 11.9. The van der Waals surface area contributed by atoms with E-state index in [-0.39, 0.29) is 0 Å². The summed E-state index contributed by atoms with van der Waals surface area (Å²) < 4.78 is 0. The highest BCUT2D eigenvalue weighted by molar-refractivity contribution is 5.07. The third-order valence-corrected chi connectivity index (χ3v) is 10.5. The second-order valence-electron chi connectivity index (χ2n) is 11.0. The van der Waals surface area contributed by atoms with E-state index in [2.05, 4.69) is 0 Å². The second kappa shape index (κ2) is 5.75. The zero-order chi connectivity index (χ0) is 15.7. The van der Waals surface area contributed by atoms with Gasteiger partial charge in [0.15, 0.2) is 0 Å². The van der Waals surface area contributed by atoms with Crippen molar-refractivity contribution in [2.75, 3.05) is 0 Å². The largest absolute Gasteiger partial charge is 0.0530 e. The topological polar surface area (TPSA) is 0 Å². The molecule has 10 unspecified atom stereocenters. The van der Waals surface area contributed by atoms with Gasteiger partial charge in [0.2, 0.25) is 0 Å². The van der Waals surface area contributed by atoms with Gasteiger partial charge in [-0.1, -0.05) is 38.5 Å². The normalized spacial score (nSPS) is 59.0. The second-order valence-corrected chi connectivity index (χ2v) is 11.0. The molecule has 134 valence electrons. The predicted octanol–water partition coefficient (Wildman–Crippen LogP) is 6.69. The van der Waals surface area contributed by atoms with Crippen LogP contribution in [0.3, 0.4) is 0 Å². The van der Waals surface area contributed by atoms with Gasteiger partial charge in [0.05, 0.1) is 0 Å². The summed E-state index contributed by atoms with van der Waals surface area (Å²) in [5, 5.41) is 0. The highest BCUT2D eigenvalue weighted by Crippen LogP contribution is 2.66. The lowest BCUT2D eigenvalue weighted by atomic mass is 9.41. The van der Waals surface area contributed by atoms with Gasteiger partial charge in [0.25, 0.3) is 0 Å². The maximum atomic E-state index is 1.66. The molecule has 0 heteroatoms. The average Bonchev–Trinajstić information content (AvgIpc) is 2.65. The van der Waals surface area contributed by atoms with Crippen molar-refractivity contribution in [3.8, 4) is 0 Å². The molecule has 0 saturated heterocycles. The van der Waals surface area contributed by atoms with Crippen molar-refractivity contribution in [3.63, 3.8) is 0 Å². The Bertz CT molecular complexity index is 436. The van der Waals surface area contributed by atoms with Crippen LogP contribution < -0.4 is 0 Å². The van der Waals surface area contributed by atoms with Gasteiger partial charge >= 0.3 is 0 Å². The van der Waals surface area contributed by atoms with Gasteiger partial charge < -0.3 is 0 Å². The lowest BCUT2D eigenvalue weighted by Crippen LogP contribution is -2.57. The molecule has 0 radical (unpaired) electrons. The lowest BCUT2D eigenvalue weighted by Gasteiger charge is -2.64. The number of rotatable bonds is 0. The van der Waals surface area contributed by atoms with Gasteiger partial charge in [-0.3, -0.25) is 0 Å². The van der Waals surface area contributed by atoms with Crippen molar-refractivity contribution in [1.82, 2.24) is 0 Å². The third kappa shape index (κ3) is 2.10. The lowest BCUT2D eigenvalue weighted by molar-refractivity contribution is -0.152. The van der Waals surface area contributed by atoms with E-state index in [1.165, 1.54) is 47.3 Å². The minimum Gasteiger partial charge on any atom is -0.0530 e. The van der Waals surface area contributed by atoms with E-state index >= 15 is 0 Å². The minimum atomic E-state index is 1.16. The van der Waals surface area contributed by atoms with Crippen molar-refractivity contribution in [2.45, 2.75) is 89.9 Å². The molecule has 0 aromatic rings. The molecule has 0 aromatic carbocycles. The fourth-order valence-electron chi connectivity index (χ4n) is 9.99. The van der Waals surface area contributed by atoms with E-state index in [0.29, 0.717) is 0 Å². The Morgan fingerprint density at radius 2 is 0.792 bits per heavy atom. The summed E-state index contributed by atoms with van der Waals surface area (Å²) in [5.74, 6) is 11.7. The summed E-state index contributed by atoms with van der Waals surface area (Å²) in [4.78, 5) is 0. The summed E-state index contributed by atoms with van der Waals surface area (Å²) in [6.45, 7) is 0. The van der Waals surface area contributed by atoms with Crippen LogP contribution in [0.15, 0.2) is 0 Å². The predicted molar refractivity (Wildman–Crippen MR) is 99.5 cm³/mol. The van der Waals surface area contributed by atoms with Crippen molar-refractivity contribution >= 4 is 0 Å². The zero-order valence-corrected chi connectivity index (χ0v) is 15.7. The molecule has 6 aliphatic carbocycles. The van der Waals surface area contributed by atoms with Gasteiger partial charge in [0.1, 0.15) is 0 Å². The van der Waals surface area contributed by atoms with Crippen LogP contribution in [0.25, 0.3) is 0 Å². The summed E-state index contributed by atoms with van der Waals surface area (Å²) in [6, 6.07) is 0. The van der Waals surface area contributed by atoms with Crippen LogP contribution in [0.5, 0.6) is 0 Å². The van der Waals surface area contributed by atoms with E-state index in [9.17, 15) is 0 Å². The van der Waals surface area contributed by atoms with E-state index in [4.69, 9.17) is 0 Å². The molecule has 0 aliphatic heterocycles. The molecule has 0 N–H and O–H groups in total. The van der Waals surface area contributed by atoms with Crippen molar-refractivity contribution in [1.29, 1.82) is 0 Å². The fraction of sp³-hybridized carbons (Fsp3) is 1.00. The summed E-state index contributed by atoms with van der Waals surface area (Å²) in [6.07, 6.45) is 22.6. The van der Waals surface area contributed by atoms with Crippen LogP contribution >= 0.6 is 0 Å². The smallest absolute Gasteiger partial charge is 0.0321 e. The number of hydrogen-bond donors (Lipinski definition) is 0. The van der Waals surface area contributed by atoms with Crippen LogP contribution in [-0.4, -0.2) is 0 Å². The highest BCUT2D eigenvalue weighted by Gasteiger charge is 2.58. The van der Waals surface area contributed by atoms with Crippen molar-refractivity contribution in [2.24, 2.45) is 59.2 Å². The minimum absolute atomic E-state index is 1.16. The Kier molecular flexibility index (Phi) is 3.62. The van der Waals surface area contributed by atoms with Gasteiger partial charge in [-0.05, 0) is 111 Å². The summed E-state index contributed by atoms with van der Waals surface area (Å²) in [5.41, 5.74) is 0. The molecule has 0 heterocycles. The average molecular weight is 327 g/mol. The van der Waals surface area contributed by atoms with Crippen molar-refractivity contribution < 1.29 is 0 Å². The molecule has 6 rings (SSSR count). The monoisotopic (exact) mass is 326 g/mol. The molecular weight excluding hydrogens is 288 g/mol. The molecule has 0 amide bonds. The number of fused-ring (bicyclic) bond motifs is 4. The first-order chi connectivity index (χ1) is 11.9. The van der Waals surface area contributed by atoms with Crippen LogP contribution in [-0.2, 0) is 0 Å². The molecular formula is C24H38. The summed E-state index contributed by atoms with van der Waals surface area (Å²) in [7, 11) is 0. The molecule has 6 saturated carbocycles. The highest BCUT2D eigenvalue weighted by atomic mass is 14.6. The molecule has 24 heavy (non-hydrogen) atoms. The van der Waals surface area contributed by atoms with Crippen LogP contribution in [0.2, 0.25) is 0 Å². The number of hydrogen-bond acceptors (Lipinski definition) is 0. The maximum Gasteiger partial charge on any atom is -0.0321 e. The Morgan fingerprint density at radius 3 is 1.29 bits per heavy atom. The Hall–Kier alpha value is 0. The van der Waals surface area contributed by atoms with Gasteiger partial charge in [0, 0.05) is 0 Å². The molecule has 6 aliphatic rings. The van der Waals surface area contributed by atoms with Crippen LogP contribution in [0.4, 0.5) is 0 Å². The molecule has 0 aromatic heterocycles. The molecule has 0 bridgehead atoms. The molecule has 10 atom stereocenters. The maximum absolute atomic E-state index is 1.66. The van der Waals surface area contributed by atoms with E-state index in [1.54, 1.807) is 89.9 Å². The summed E-state index contributed by atoms with van der Waals surface area (Å²) >= 11 is 0. The third-order valence-electron chi connectivity index (χ3n) is 10.5. The first kappa shape index (κ1) is 15.1. The standard InChI is InChI=1S/C24H38/c1-3-7-19-15(5-1)13-17-9-12-22-20-8-4-2-6-16(20)14-18-10-11-21(19)23(17)24(18)22/h15-24H,1-14H2. The van der Waals surface area contributed by atoms with E-state index < -0.39 is 0 Å². The van der Waals surface area contributed by atoms with Gasteiger partial charge in [-0.2, -0.15) is 0 Å². The first-order valence-corrected chi connectivity index (χ1v) is 11.9. The van der Waals surface area contributed by atoms with Crippen LogP contribution in [0, 0.1) is 59.2 Å².